The molecular formula is C20H17NO4. The number of carboxylic acid groups (broad SMARTS) is 1. The number of ketones is 1. The molecule has 0 aliphatic heterocycles. The molecule has 126 valence electrons. The van der Waals surface area contributed by atoms with Crippen molar-refractivity contribution >= 4 is 17.4 Å². The Morgan fingerprint density at radius 3 is 1.84 bits per heavy atom. The number of aromatic hydroxyl groups is 1. The van der Waals surface area contributed by atoms with Gasteiger partial charge < -0.3 is 15.9 Å². The number of benzene rings is 3. The molecule has 25 heavy (non-hydrogen) atoms. The molecule has 0 aromatic heterocycles. The molecule has 0 aliphatic rings. The van der Waals surface area contributed by atoms with Crippen LogP contribution < -0.4 is 5.73 Å². The zero-order valence-electron chi connectivity index (χ0n) is 13.3. The lowest BCUT2D eigenvalue weighted by Crippen LogP contribution is -2.00. The fraction of sp³-hybridized carbons (Fsp3) is 0. The van der Waals surface area contributed by atoms with Gasteiger partial charge in [0.05, 0.1) is 11.1 Å². The maximum Gasteiger partial charge on any atom is 0.335 e. The van der Waals surface area contributed by atoms with Gasteiger partial charge in [-0.3, -0.25) is 4.79 Å². The number of anilines is 1. The minimum absolute atomic E-state index is 0.0198. The second kappa shape index (κ2) is 8.31. The molecule has 0 saturated heterocycles. The Labute approximate surface area is 145 Å². The molecule has 0 saturated carbocycles. The fourth-order valence-electron chi connectivity index (χ4n) is 2.04. The number of carbonyl (C=O) groups is 2. The SMILES string of the molecule is Nc1ccc(C(=O)O)cc1.O=C(c1ccccc1)c1ccccc1O. The van der Waals surface area contributed by atoms with Gasteiger partial charge in [0.2, 0.25) is 0 Å². The van der Waals surface area contributed by atoms with Crippen LogP contribution in [-0.2, 0) is 0 Å². The number of rotatable bonds is 3. The first-order chi connectivity index (χ1) is 12.0. The molecule has 3 aromatic carbocycles. The molecular weight excluding hydrogens is 318 g/mol. The molecule has 3 rings (SSSR count). The third-order valence-electron chi connectivity index (χ3n) is 3.34. The largest absolute Gasteiger partial charge is 0.507 e. The Balaban J connectivity index is 0.000000196. The van der Waals surface area contributed by atoms with Gasteiger partial charge in [0.15, 0.2) is 5.78 Å². The summed E-state index contributed by atoms with van der Waals surface area (Å²) in [7, 11) is 0. The van der Waals surface area contributed by atoms with E-state index >= 15 is 0 Å². The highest BCUT2D eigenvalue weighted by molar-refractivity contribution is 6.10. The first-order valence-electron chi connectivity index (χ1n) is 7.45. The van der Waals surface area contributed by atoms with Gasteiger partial charge in [0.25, 0.3) is 0 Å². The van der Waals surface area contributed by atoms with Gasteiger partial charge in [-0.05, 0) is 36.4 Å². The summed E-state index contributed by atoms with van der Waals surface area (Å²) in [5.74, 6) is -1.07. The normalized spacial score (nSPS) is 9.60. The van der Waals surface area contributed by atoms with Gasteiger partial charge in [0, 0.05) is 11.3 Å². The number of hydrogen-bond donors (Lipinski definition) is 3. The molecule has 5 heteroatoms. The van der Waals surface area contributed by atoms with Crippen molar-refractivity contribution < 1.29 is 19.8 Å². The van der Waals surface area contributed by atoms with Gasteiger partial charge in [0.1, 0.15) is 5.75 Å². The minimum Gasteiger partial charge on any atom is -0.507 e. The number of para-hydroxylation sites is 1. The molecule has 0 aliphatic carbocycles. The maximum atomic E-state index is 11.9. The van der Waals surface area contributed by atoms with Crippen LogP contribution in [-0.4, -0.2) is 22.0 Å². The van der Waals surface area contributed by atoms with E-state index in [2.05, 4.69) is 0 Å². The van der Waals surface area contributed by atoms with E-state index < -0.39 is 5.97 Å². The smallest absolute Gasteiger partial charge is 0.335 e. The minimum atomic E-state index is -0.931. The number of nitrogens with two attached hydrogens (primary N) is 1. The highest BCUT2D eigenvalue weighted by atomic mass is 16.4. The maximum absolute atomic E-state index is 11.9. The number of phenols is 1. The topological polar surface area (TPSA) is 101 Å². The van der Waals surface area contributed by atoms with E-state index in [4.69, 9.17) is 10.8 Å². The van der Waals surface area contributed by atoms with Crippen LogP contribution in [0.25, 0.3) is 0 Å². The number of phenolic OH excluding ortho intramolecular Hbond substituents is 1. The van der Waals surface area contributed by atoms with Crippen molar-refractivity contribution in [3.05, 3.63) is 95.6 Å². The zero-order chi connectivity index (χ0) is 18.2. The van der Waals surface area contributed by atoms with Gasteiger partial charge in [-0.1, -0.05) is 42.5 Å². The number of carbonyl (C=O) groups excluding carboxylic acids is 1. The van der Waals surface area contributed by atoms with Crippen LogP contribution in [0, 0.1) is 0 Å². The average Bonchev–Trinajstić information content (AvgIpc) is 2.63. The summed E-state index contributed by atoms with van der Waals surface area (Å²) in [6, 6.07) is 21.5. The first kappa shape index (κ1) is 17.7. The van der Waals surface area contributed by atoms with Gasteiger partial charge in [-0.2, -0.15) is 0 Å². The lowest BCUT2D eigenvalue weighted by atomic mass is 10.0. The Morgan fingerprint density at radius 1 is 0.720 bits per heavy atom. The van der Waals surface area contributed by atoms with Crippen molar-refractivity contribution in [1.29, 1.82) is 0 Å². The summed E-state index contributed by atoms with van der Waals surface area (Å²) in [5, 5.41) is 18.0. The molecule has 0 heterocycles. The zero-order valence-corrected chi connectivity index (χ0v) is 13.3. The molecule has 0 amide bonds. The number of hydrogen-bond acceptors (Lipinski definition) is 4. The van der Waals surface area contributed by atoms with E-state index in [0.717, 1.165) is 0 Å². The third-order valence-corrected chi connectivity index (χ3v) is 3.34. The molecule has 0 radical (unpaired) electrons. The van der Waals surface area contributed by atoms with Crippen molar-refractivity contribution in [2.24, 2.45) is 0 Å². The summed E-state index contributed by atoms with van der Waals surface area (Å²) in [4.78, 5) is 22.2. The fourth-order valence-corrected chi connectivity index (χ4v) is 2.04. The second-order valence-corrected chi connectivity index (χ2v) is 5.14. The average molecular weight is 335 g/mol. The number of nitrogen functional groups attached to an aromatic ring is 1. The van der Waals surface area contributed by atoms with E-state index in [1.165, 1.54) is 18.2 Å². The van der Waals surface area contributed by atoms with Crippen LogP contribution in [0.2, 0.25) is 0 Å². The van der Waals surface area contributed by atoms with Crippen molar-refractivity contribution in [2.45, 2.75) is 0 Å². The van der Waals surface area contributed by atoms with Crippen LogP contribution >= 0.6 is 0 Å². The van der Waals surface area contributed by atoms with E-state index in [0.29, 0.717) is 16.8 Å². The standard InChI is InChI=1S/C13H10O2.C7H7NO2/c14-12-9-5-4-8-11(12)13(15)10-6-2-1-3-7-10;8-6-3-1-5(2-4-6)7(9)10/h1-9,14H;1-4H,8H2,(H,9,10). The predicted octanol–water partition coefficient (Wildman–Crippen LogP) is 3.59. The number of aromatic carboxylic acids is 1. The monoisotopic (exact) mass is 335 g/mol. The lowest BCUT2D eigenvalue weighted by Gasteiger charge is -2.02. The molecule has 4 N–H and O–H groups in total. The van der Waals surface area contributed by atoms with Crippen molar-refractivity contribution in [1.82, 2.24) is 0 Å². The van der Waals surface area contributed by atoms with E-state index in [-0.39, 0.29) is 17.1 Å². The first-order valence-corrected chi connectivity index (χ1v) is 7.45. The van der Waals surface area contributed by atoms with E-state index in [9.17, 15) is 14.7 Å². The quantitative estimate of drug-likeness (QED) is 0.501. The van der Waals surface area contributed by atoms with Crippen LogP contribution in [0.4, 0.5) is 5.69 Å². The summed E-state index contributed by atoms with van der Waals surface area (Å²) in [5.41, 5.74) is 7.09. The molecule has 0 spiro atoms. The predicted molar refractivity (Wildman–Crippen MR) is 95.8 cm³/mol. The van der Waals surface area contributed by atoms with Crippen LogP contribution in [0.5, 0.6) is 5.75 Å². The Morgan fingerprint density at radius 2 is 1.28 bits per heavy atom. The van der Waals surface area contributed by atoms with Crippen molar-refractivity contribution in [3.8, 4) is 5.75 Å². The molecule has 3 aromatic rings. The van der Waals surface area contributed by atoms with Gasteiger partial charge in [-0.15, -0.1) is 0 Å². The summed E-state index contributed by atoms with van der Waals surface area (Å²) in [6.07, 6.45) is 0. The molecule has 5 nitrogen and oxygen atoms in total. The summed E-state index contributed by atoms with van der Waals surface area (Å²) in [6.45, 7) is 0. The number of carboxylic acids is 1. The van der Waals surface area contributed by atoms with Crippen LogP contribution in [0.3, 0.4) is 0 Å². The summed E-state index contributed by atoms with van der Waals surface area (Å²) < 4.78 is 0. The third kappa shape index (κ3) is 4.94. The molecule has 0 bridgehead atoms. The van der Waals surface area contributed by atoms with Gasteiger partial charge in [-0.25, -0.2) is 4.79 Å². The van der Waals surface area contributed by atoms with Crippen LogP contribution in [0.1, 0.15) is 26.3 Å². The highest BCUT2D eigenvalue weighted by Gasteiger charge is 2.11. The van der Waals surface area contributed by atoms with Gasteiger partial charge >= 0.3 is 5.97 Å². The van der Waals surface area contributed by atoms with Crippen molar-refractivity contribution in [2.75, 3.05) is 5.73 Å². The molecule has 0 fully saturated rings. The van der Waals surface area contributed by atoms with Crippen LogP contribution in [0.15, 0.2) is 78.9 Å². The van der Waals surface area contributed by atoms with E-state index in [1.54, 1.807) is 54.6 Å². The highest BCUT2D eigenvalue weighted by Crippen LogP contribution is 2.19. The Hall–Kier alpha value is -3.60. The summed E-state index contributed by atoms with van der Waals surface area (Å²) >= 11 is 0. The molecule has 0 unspecified atom stereocenters. The lowest BCUT2D eigenvalue weighted by molar-refractivity contribution is 0.0696. The molecule has 0 atom stereocenters. The van der Waals surface area contributed by atoms with Crippen molar-refractivity contribution in [3.63, 3.8) is 0 Å². The van der Waals surface area contributed by atoms with E-state index in [1.807, 2.05) is 6.07 Å². The Kier molecular flexibility index (Phi) is 5.90. The second-order valence-electron chi connectivity index (χ2n) is 5.14. The Bertz CT molecular complexity index is 858.